The number of halogens is 1. The number of carbonyl (C=O) groups is 3. The van der Waals surface area contributed by atoms with Crippen LogP contribution in [0.5, 0.6) is 5.75 Å². The molecule has 2 aromatic rings. The van der Waals surface area contributed by atoms with E-state index in [0.717, 1.165) is 12.8 Å². The Morgan fingerprint density at radius 3 is 2.55 bits per heavy atom. The van der Waals surface area contributed by atoms with E-state index in [1.54, 1.807) is 53.4 Å². The van der Waals surface area contributed by atoms with Crippen molar-refractivity contribution >= 4 is 40.7 Å². The lowest BCUT2D eigenvalue weighted by atomic mass is 9.70. The third kappa shape index (κ3) is 5.30. The summed E-state index contributed by atoms with van der Waals surface area (Å²) in [6.07, 6.45) is 3.67. The van der Waals surface area contributed by atoms with Gasteiger partial charge in [0.1, 0.15) is 17.4 Å². The Labute approximate surface area is 239 Å². The summed E-state index contributed by atoms with van der Waals surface area (Å²) in [4.78, 5) is 43.1. The predicted molar refractivity (Wildman–Crippen MR) is 151 cm³/mol. The normalized spacial score (nSPS) is 26.6. The number of nitrogens with one attached hydrogen (secondary N) is 2. The molecule has 0 saturated carbocycles. The number of hydrogen-bond donors (Lipinski definition) is 3. The van der Waals surface area contributed by atoms with E-state index in [1.807, 2.05) is 6.92 Å². The molecule has 3 amide bonds. The quantitative estimate of drug-likeness (QED) is 0.329. The summed E-state index contributed by atoms with van der Waals surface area (Å²) < 4.78 is 12.0. The van der Waals surface area contributed by atoms with Crippen molar-refractivity contribution in [2.75, 3.05) is 30.4 Å². The molecule has 214 valence electrons. The van der Waals surface area contributed by atoms with Crippen molar-refractivity contribution in [3.63, 3.8) is 0 Å². The first-order chi connectivity index (χ1) is 19.4. The summed E-state index contributed by atoms with van der Waals surface area (Å²) in [7, 11) is 0. The van der Waals surface area contributed by atoms with Gasteiger partial charge >= 0.3 is 0 Å². The van der Waals surface area contributed by atoms with Crippen molar-refractivity contribution < 1.29 is 29.0 Å². The monoisotopic (exact) mass is 569 g/mol. The highest BCUT2D eigenvalue weighted by molar-refractivity contribution is 6.33. The highest BCUT2D eigenvalue weighted by Gasteiger charge is 2.74. The van der Waals surface area contributed by atoms with E-state index in [4.69, 9.17) is 26.2 Å². The van der Waals surface area contributed by atoms with Crippen molar-refractivity contribution in [3.8, 4) is 5.75 Å². The zero-order valence-electron chi connectivity index (χ0n) is 22.6. The smallest absolute Gasteiger partial charge is 0.250 e. The fourth-order valence-electron chi connectivity index (χ4n) is 6.53. The van der Waals surface area contributed by atoms with E-state index in [9.17, 15) is 14.4 Å². The van der Waals surface area contributed by atoms with Gasteiger partial charge in [-0.05, 0) is 69.0 Å². The molecule has 3 aliphatic rings. The van der Waals surface area contributed by atoms with Gasteiger partial charge in [0.15, 0.2) is 0 Å². The number of aliphatic hydroxyl groups is 1. The lowest BCUT2D eigenvalue weighted by Gasteiger charge is -2.33. The van der Waals surface area contributed by atoms with Crippen LogP contribution in [0.1, 0.15) is 45.4 Å². The third-order valence-electron chi connectivity index (χ3n) is 8.22. The van der Waals surface area contributed by atoms with E-state index < -0.39 is 29.6 Å². The molecule has 5 rings (SSSR count). The second-order valence-electron chi connectivity index (χ2n) is 10.6. The highest BCUT2D eigenvalue weighted by Crippen LogP contribution is 2.58. The molecular weight excluding hydrogens is 534 g/mol. The van der Waals surface area contributed by atoms with Crippen LogP contribution in [0, 0.1) is 11.8 Å². The van der Waals surface area contributed by atoms with Crippen LogP contribution in [-0.2, 0) is 19.1 Å². The minimum absolute atomic E-state index is 0.122. The van der Waals surface area contributed by atoms with Crippen molar-refractivity contribution in [1.82, 2.24) is 4.90 Å². The van der Waals surface area contributed by atoms with Crippen LogP contribution in [0.25, 0.3) is 0 Å². The summed E-state index contributed by atoms with van der Waals surface area (Å²) in [6, 6.07) is 13.2. The standard InChI is InChI=1S/C30H36ClN3O6/c1-2-39-20-13-11-19(12-14-20)32-27(36)24-23-15-16-30(40-23)25(24)29(38)34(17-7-3-4-8-18-35)26(30)28(37)33-22-10-6-5-9-21(22)31/h5-6,9-14,23-26,35H,2-4,7-8,15-18H2,1H3,(H,32,36)(H,33,37)/t23-,24+,25-,26?,30?/m0/s1. The van der Waals surface area contributed by atoms with E-state index in [-0.39, 0.29) is 24.3 Å². The van der Waals surface area contributed by atoms with Crippen molar-refractivity contribution in [2.45, 2.75) is 63.2 Å². The maximum atomic E-state index is 14.0. The molecule has 5 atom stereocenters. The molecule has 10 heteroatoms. The maximum absolute atomic E-state index is 14.0. The first-order valence-corrected chi connectivity index (χ1v) is 14.5. The number of fused-ring (bicyclic) bond motifs is 1. The summed E-state index contributed by atoms with van der Waals surface area (Å²) in [6.45, 7) is 2.93. The molecule has 1 spiro atoms. The van der Waals surface area contributed by atoms with E-state index in [0.29, 0.717) is 61.0 Å². The molecule has 3 aliphatic heterocycles. The van der Waals surface area contributed by atoms with Gasteiger partial charge in [-0.15, -0.1) is 0 Å². The van der Waals surface area contributed by atoms with E-state index >= 15 is 0 Å². The Morgan fingerprint density at radius 1 is 1.07 bits per heavy atom. The van der Waals surface area contributed by atoms with Crippen LogP contribution in [0.2, 0.25) is 5.02 Å². The molecule has 0 radical (unpaired) electrons. The Kier molecular flexibility index (Phi) is 8.63. The Bertz CT molecular complexity index is 1240. The maximum Gasteiger partial charge on any atom is 0.250 e. The molecule has 2 aromatic carbocycles. The van der Waals surface area contributed by atoms with Crippen molar-refractivity contribution in [1.29, 1.82) is 0 Å². The number of anilines is 2. The number of likely N-dealkylation sites (tertiary alicyclic amines) is 1. The van der Waals surface area contributed by atoms with Gasteiger partial charge in [-0.1, -0.05) is 36.6 Å². The minimum Gasteiger partial charge on any atom is -0.494 e. The average molecular weight is 570 g/mol. The minimum atomic E-state index is -1.08. The lowest BCUT2D eigenvalue weighted by Crippen LogP contribution is -2.53. The molecule has 3 heterocycles. The van der Waals surface area contributed by atoms with Gasteiger partial charge in [-0.2, -0.15) is 0 Å². The second-order valence-corrected chi connectivity index (χ2v) is 11.0. The Balaban J connectivity index is 1.39. The number of rotatable bonds is 12. The first-order valence-electron chi connectivity index (χ1n) is 14.1. The number of hydrogen-bond acceptors (Lipinski definition) is 6. The fraction of sp³-hybridized carbons (Fsp3) is 0.500. The fourth-order valence-corrected chi connectivity index (χ4v) is 6.72. The molecule has 3 N–H and O–H groups in total. The predicted octanol–water partition coefficient (Wildman–Crippen LogP) is 4.24. The lowest BCUT2D eigenvalue weighted by molar-refractivity contribution is -0.139. The Morgan fingerprint density at radius 2 is 1.82 bits per heavy atom. The van der Waals surface area contributed by atoms with Gasteiger partial charge in [0.25, 0.3) is 0 Å². The molecule has 3 fully saturated rings. The summed E-state index contributed by atoms with van der Waals surface area (Å²) in [5.41, 5.74) is -0.0230. The van der Waals surface area contributed by atoms with E-state index in [1.165, 1.54) is 0 Å². The molecule has 40 heavy (non-hydrogen) atoms. The van der Waals surface area contributed by atoms with Crippen LogP contribution in [0.4, 0.5) is 11.4 Å². The SMILES string of the molecule is CCOc1ccc(NC(=O)[C@@H]2[C@@H]3CCC4(O3)C(C(=O)Nc3ccccc3Cl)N(CCCCCCO)C(=O)[C@H]24)cc1. The average Bonchev–Trinajstić information content (AvgIpc) is 3.58. The van der Waals surface area contributed by atoms with Gasteiger partial charge in [0.05, 0.1) is 35.3 Å². The first kappa shape index (κ1) is 28.4. The number of unbranched alkanes of at least 4 members (excludes halogenated alkanes) is 3. The largest absolute Gasteiger partial charge is 0.494 e. The van der Waals surface area contributed by atoms with Gasteiger partial charge in [-0.25, -0.2) is 0 Å². The highest BCUT2D eigenvalue weighted by atomic mass is 35.5. The third-order valence-corrected chi connectivity index (χ3v) is 8.55. The zero-order valence-corrected chi connectivity index (χ0v) is 23.4. The molecule has 9 nitrogen and oxygen atoms in total. The number of benzene rings is 2. The van der Waals surface area contributed by atoms with Crippen LogP contribution in [0.3, 0.4) is 0 Å². The molecule has 2 unspecified atom stereocenters. The topological polar surface area (TPSA) is 117 Å². The van der Waals surface area contributed by atoms with Crippen molar-refractivity contribution in [3.05, 3.63) is 53.6 Å². The van der Waals surface area contributed by atoms with Crippen molar-refractivity contribution in [2.24, 2.45) is 11.8 Å². The van der Waals surface area contributed by atoms with Gasteiger partial charge < -0.3 is 30.1 Å². The van der Waals surface area contributed by atoms with Crippen LogP contribution in [0.15, 0.2) is 48.5 Å². The van der Waals surface area contributed by atoms with Gasteiger partial charge in [-0.3, -0.25) is 14.4 Å². The number of carbonyl (C=O) groups excluding carboxylic acids is 3. The number of amides is 3. The number of nitrogens with zero attached hydrogens (tertiary/aromatic N) is 1. The molecule has 0 aliphatic carbocycles. The van der Waals surface area contributed by atoms with Crippen LogP contribution < -0.4 is 15.4 Å². The molecular formula is C30H36ClN3O6. The molecule has 2 bridgehead atoms. The van der Waals surface area contributed by atoms with E-state index in [2.05, 4.69) is 10.6 Å². The second kappa shape index (κ2) is 12.2. The van der Waals surface area contributed by atoms with Crippen LogP contribution >= 0.6 is 11.6 Å². The summed E-state index contributed by atoms with van der Waals surface area (Å²) in [5.74, 6) is -1.64. The number of aliphatic hydroxyl groups excluding tert-OH is 1. The number of para-hydroxylation sites is 1. The molecule has 0 aromatic heterocycles. The summed E-state index contributed by atoms with van der Waals surface area (Å²) >= 11 is 6.32. The van der Waals surface area contributed by atoms with Gasteiger partial charge in [0, 0.05) is 18.8 Å². The zero-order chi connectivity index (χ0) is 28.3. The van der Waals surface area contributed by atoms with Gasteiger partial charge in [0.2, 0.25) is 17.7 Å². The molecule has 3 saturated heterocycles. The summed E-state index contributed by atoms with van der Waals surface area (Å²) in [5, 5.41) is 15.4. The van der Waals surface area contributed by atoms with Crippen LogP contribution in [-0.4, -0.2) is 65.2 Å². The Hall–Kier alpha value is -3.14. The number of ether oxygens (including phenoxy) is 2.